The number of amides is 1. The van der Waals surface area contributed by atoms with Crippen LogP contribution in [0.25, 0.3) is 17.2 Å². The first-order chi connectivity index (χ1) is 15.2. The minimum absolute atomic E-state index is 0.0211. The second-order valence-electron chi connectivity index (χ2n) is 9.24. The molecule has 3 aromatic heterocycles. The smallest absolute Gasteiger partial charge is 0.407 e. The second-order valence-corrected chi connectivity index (χ2v) is 9.24. The number of likely N-dealkylation sites (N-methyl/N-ethyl adjacent to an activating group) is 1. The Morgan fingerprint density at radius 2 is 2.06 bits per heavy atom. The summed E-state index contributed by atoms with van der Waals surface area (Å²) >= 11 is 0. The van der Waals surface area contributed by atoms with Crippen LogP contribution in [0.4, 0.5) is 15.0 Å². The molecule has 1 aliphatic rings. The fourth-order valence-electron chi connectivity index (χ4n) is 4.88. The summed E-state index contributed by atoms with van der Waals surface area (Å²) in [5.41, 5.74) is 0.965. The number of carbonyl (C=O) groups is 1. The van der Waals surface area contributed by atoms with Gasteiger partial charge in [-0.2, -0.15) is 0 Å². The van der Waals surface area contributed by atoms with Gasteiger partial charge < -0.3 is 14.9 Å². The zero-order valence-electron chi connectivity index (χ0n) is 18.9. The number of anilines is 1. The number of likely N-dealkylation sites (tertiary alicyclic amines) is 1. The van der Waals surface area contributed by atoms with Crippen LogP contribution in [0.15, 0.2) is 36.8 Å². The molecule has 1 N–H and O–H groups in total. The first-order valence-corrected chi connectivity index (χ1v) is 10.9. The minimum atomic E-state index is -0.887. The molecule has 1 amide bonds. The number of fused-ring (bicyclic) bond motifs is 1. The average molecular weight is 441 g/mol. The zero-order chi connectivity index (χ0) is 23.0. The van der Waals surface area contributed by atoms with E-state index in [1.54, 1.807) is 27.8 Å². The monoisotopic (exact) mass is 440 g/mol. The van der Waals surface area contributed by atoms with E-state index in [1.807, 2.05) is 13.0 Å². The third-order valence-electron chi connectivity index (χ3n) is 6.11. The number of halogens is 1. The first kappa shape index (κ1) is 22.0. The van der Waals surface area contributed by atoms with Gasteiger partial charge in [0.1, 0.15) is 23.0 Å². The molecule has 1 fully saturated rings. The van der Waals surface area contributed by atoms with Gasteiger partial charge in [-0.15, -0.1) is 0 Å². The van der Waals surface area contributed by atoms with Gasteiger partial charge in [0, 0.05) is 25.5 Å². The Morgan fingerprint density at radius 1 is 1.28 bits per heavy atom. The Morgan fingerprint density at radius 3 is 2.75 bits per heavy atom. The van der Waals surface area contributed by atoms with E-state index in [2.05, 4.69) is 35.6 Å². The molecule has 0 bridgehead atoms. The predicted octanol–water partition coefficient (Wildman–Crippen LogP) is 4.31. The third-order valence-corrected chi connectivity index (χ3v) is 6.11. The van der Waals surface area contributed by atoms with Gasteiger partial charge in [0.2, 0.25) is 0 Å². The van der Waals surface area contributed by atoms with Crippen LogP contribution in [-0.2, 0) is 0 Å². The zero-order valence-corrected chi connectivity index (χ0v) is 18.9. The summed E-state index contributed by atoms with van der Waals surface area (Å²) in [6.07, 6.45) is 5.47. The molecule has 4 rings (SSSR count). The molecule has 3 aromatic rings. The predicted molar refractivity (Wildman–Crippen MR) is 120 cm³/mol. The molecule has 170 valence electrons. The Hall–Kier alpha value is -3.23. The molecular weight excluding hydrogens is 411 g/mol. The largest absolute Gasteiger partial charge is 0.465 e. The Labute approximate surface area is 186 Å². The van der Waals surface area contributed by atoms with Crippen LogP contribution in [-0.4, -0.2) is 60.6 Å². The lowest BCUT2D eigenvalue weighted by Gasteiger charge is -2.50. The first-order valence-electron chi connectivity index (χ1n) is 10.9. The lowest BCUT2D eigenvalue weighted by atomic mass is 9.77. The molecule has 9 heteroatoms. The molecule has 1 unspecified atom stereocenters. The van der Waals surface area contributed by atoms with Crippen LogP contribution in [0.2, 0.25) is 0 Å². The second kappa shape index (κ2) is 8.37. The van der Waals surface area contributed by atoms with Gasteiger partial charge in [-0.25, -0.2) is 24.1 Å². The van der Waals surface area contributed by atoms with Gasteiger partial charge in [-0.1, -0.05) is 20.8 Å². The lowest BCUT2D eigenvalue weighted by Crippen LogP contribution is -2.62. The third kappa shape index (κ3) is 3.99. The van der Waals surface area contributed by atoms with Gasteiger partial charge in [0.25, 0.3) is 0 Å². The van der Waals surface area contributed by atoms with Crippen LogP contribution in [0, 0.1) is 11.2 Å². The highest BCUT2D eigenvalue weighted by atomic mass is 19.1. The molecule has 0 saturated carbocycles. The van der Waals surface area contributed by atoms with Crippen molar-refractivity contribution < 1.29 is 14.3 Å². The summed E-state index contributed by atoms with van der Waals surface area (Å²) in [5, 5.41) is 9.85. The number of rotatable bonds is 4. The van der Waals surface area contributed by atoms with Crippen molar-refractivity contribution in [2.45, 2.75) is 52.6 Å². The molecule has 0 radical (unpaired) electrons. The molecule has 0 aliphatic carbocycles. The summed E-state index contributed by atoms with van der Waals surface area (Å²) < 4.78 is 15.5. The SMILES string of the molecule is CCN(c1ccnc(-c2cnc3ccc(F)cn23)n1)C1CCCN(C(=O)O)[C@@H]1C(C)(C)C. The van der Waals surface area contributed by atoms with E-state index >= 15 is 0 Å². The number of piperidine rings is 1. The fraction of sp³-hybridized carbons (Fsp3) is 0.478. The van der Waals surface area contributed by atoms with E-state index in [0.29, 0.717) is 30.3 Å². The summed E-state index contributed by atoms with van der Waals surface area (Å²) in [5.74, 6) is 0.791. The van der Waals surface area contributed by atoms with Crippen molar-refractivity contribution in [3.05, 3.63) is 42.6 Å². The van der Waals surface area contributed by atoms with E-state index in [1.165, 1.54) is 12.3 Å². The number of aromatic nitrogens is 4. The molecule has 0 spiro atoms. The van der Waals surface area contributed by atoms with Crippen LogP contribution >= 0.6 is 0 Å². The van der Waals surface area contributed by atoms with E-state index in [-0.39, 0.29) is 23.3 Å². The van der Waals surface area contributed by atoms with Gasteiger partial charge in [-0.05, 0) is 43.4 Å². The summed E-state index contributed by atoms with van der Waals surface area (Å²) in [6, 6.07) is 4.61. The minimum Gasteiger partial charge on any atom is -0.465 e. The van der Waals surface area contributed by atoms with Crippen molar-refractivity contribution in [2.75, 3.05) is 18.0 Å². The van der Waals surface area contributed by atoms with Crippen molar-refractivity contribution in [3.63, 3.8) is 0 Å². The van der Waals surface area contributed by atoms with E-state index < -0.39 is 6.09 Å². The average Bonchev–Trinajstić information content (AvgIpc) is 3.16. The quantitative estimate of drug-likeness (QED) is 0.650. The van der Waals surface area contributed by atoms with Crippen LogP contribution in [0.5, 0.6) is 0 Å². The Kier molecular flexibility index (Phi) is 5.75. The van der Waals surface area contributed by atoms with Crippen molar-refractivity contribution in [3.8, 4) is 11.5 Å². The van der Waals surface area contributed by atoms with Crippen LogP contribution in [0.3, 0.4) is 0 Å². The standard InChI is InChI=1S/C23H29FN6O2/c1-5-28(16-7-6-12-29(22(31)32)20(16)23(2,3)4)19-10-11-25-21(27-19)17-13-26-18-9-8-15(24)14-30(17)18/h8-11,13-14,16,20H,5-7,12H2,1-4H3,(H,31,32)/t16?,20-/m0/s1. The van der Waals surface area contributed by atoms with Gasteiger partial charge >= 0.3 is 6.09 Å². The molecule has 2 atom stereocenters. The number of nitrogens with zero attached hydrogens (tertiary/aromatic N) is 6. The topological polar surface area (TPSA) is 86.9 Å². The fourth-order valence-corrected chi connectivity index (χ4v) is 4.88. The van der Waals surface area contributed by atoms with Gasteiger partial charge in [-0.3, -0.25) is 4.40 Å². The van der Waals surface area contributed by atoms with Crippen LogP contribution in [0.1, 0.15) is 40.5 Å². The molecule has 4 heterocycles. The van der Waals surface area contributed by atoms with Gasteiger partial charge in [0.05, 0.1) is 18.3 Å². The van der Waals surface area contributed by atoms with Crippen LogP contribution < -0.4 is 4.90 Å². The number of carboxylic acid groups (broad SMARTS) is 1. The van der Waals surface area contributed by atoms with Crippen molar-refractivity contribution >= 4 is 17.6 Å². The molecule has 1 aliphatic heterocycles. The highest BCUT2D eigenvalue weighted by Gasteiger charge is 2.44. The highest BCUT2D eigenvalue weighted by molar-refractivity contribution is 5.66. The van der Waals surface area contributed by atoms with E-state index in [4.69, 9.17) is 4.98 Å². The van der Waals surface area contributed by atoms with Crippen molar-refractivity contribution in [2.24, 2.45) is 5.41 Å². The maximum atomic E-state index is 13.8. The maximum Gasteiger partial charge on any atom is 0.407 e. The Bertz CT molecular complexity index is 1130. The number of pyridine rings is 1. The molecule has 1 saturated heterocycles. The molecular formula is C23H29FN6O2. The lowest BCUT2D eigenvalue weighted by molar-refractivity contribution is 0.0451. The summed E-state index contributed by atoms with van der Waals surface area (Å²) in [6.45, 7) is 9.50. The highest BCUT2D eigenvalue weighted by Crippen LogP contribution is 2.36. The molecule has 0 aromatic carbocycles. The van der Waals surface area contributed by atoms with E-state index in [9.17, 15) is 14.3 Å². The normalized spacial score (nSPS) is 19.3. The molecule has 32 heavy (non-hydrogen) atoms. The summed E-state index contributed by atoms with van der Waals surface area (Å²) in [7, 11) is 0. The van der Waals surface area contributed by atoms with Crippen molar-refractivity contribution in [1.29, 1.82) is 0 Å². The number of hydrogen-bond acceptors (Lipinski definition) is 5. The maximum absolute atomic E-state index is 13.8. The summed E-state index contributed by atoms with van der Waals surface area (Å²) in [4.78, 5) is 29.3. The number of imidazole rings is 1. The van der Waals surface area contributed by atoms with Gasteiger partial charge in [0.15, 0.2) is 5.82 Å². The van der Waals surface area contributed by atoms with Crippen molar-refractivity contribution in [1.82, 2.24) is 24.3 Å². The Balaban J connectivity index is 1.74. The van der Waals surface area contributed by atoms with E-state index in [0.717, 1.165) is 18.7 Å². The molecule has 8 nitrogen and oxygen atoms in total. The number of hydrogen-bond donors (Lipinski definition) is 1.